The lowest BCUT2D eigenvalue weighted by Crippen LogP contribution is -2.53. The van der Waals surface area contributed by atoms with Crippen LogP contribution in [0.5, 0.6) is 0 Å². The molecule has 4 nitrogen and oxygen atoms in total. The summed E-state index contributed by atoms with van der Waals surface area (Å²) in [6.45, 7) is 4.83. The van der Waals surface area contributed by atoms with E-state index in [1.54, 1.807) is 18.2 Å². The number of benzene rings is 2. The average molecular weight is 392 g/mol. The van der Waals surface area contributed by atoms with E-state index in [1.807, 2.05) is 13.0 Å². The minimum Gasteiger partial charge on any atom is -0.366 e. The van der Waals surface area contributed by atoms with E-state index in [9.17, 15) is 17.2 Å². The standard InChI is InChI=1S/C20H22F2N2O2S/c1-2-24(18-10-12-23-11-9-17(18)23)19-5-3-4-6-20(19)27(25,26)14-7-8-15(21)16(22)13-14/h3-8,13,17-18H,2,9-12H2,1H3. The van der Waals surface area contributed by atoms with Gasteiger partial charge < -0.3 is 4.90 Å². The molecule has 4 rings (SSSR count). The maximum atomic E-state index is 13.6. The lowest BCUT2D eigenvalue weighted by atomic mass is 9.98. The van der Waals surface area contributed by atoms with Gasteiger partial charge in [-0.15, -0.1) is 0 Å². The number of para-hydroxylation sites is 1. The second-order valence-electron chi connectivity index (χ2n) is 7.08. The fourth-order valence-electron chi connectivity index (χ4n) is 4.30. The van der Waals surface area contributed by atoms with Crippen molar-refractivity contribution >= 4 is 15.5 Å². The fraction of sp³-hybridized carbons (Fsp3) is 0.400. The third-order valence-electron chi connectivity index (χ3n) is 5.74. The van der Waals surface area contributed by atoms with E-state index in [4.69, 9.17) is 0 Å². The molecule has 0 bridgehead atoms. The van der Waals surface area contributed by atoms with E-state index in [0.29, 0.717) is 18.3 Å². The zero-order valence-corrected chi connectivity index (χ0v) is 15.9. The molecule has 2 atom stereocenters. The van der Waals surface area contributed by atoms with Gasteiger partial charge in [0.1, 0.15) is 0 Å². The summed E-state index contributed by atoms with van der Waals surface area (Å²) in [6, 6.07) is 10.3. The first-order valence-corrected chi connectivity index (χ1v) is 10.7. The lowest BCUT2D eigenvalue weighted by Gasteiger charge is -2.42. The van der Waals surface area contributed by atoms with Crippen molar-refractivity contribution in [2.45, 2.75) is 41.6 Å². The first-order chi connectivity index (χ1) is 12.9. The predicted molar refractivity (Wildman–Crippen MR) is 99.7 cm³/mol. The number of rotatable bonds is 5. The lowest BCUT2D eigenvalue weighted by molar-refractivity contribution is 0.130. The van der Waals surface area contributed by atoms with Crippen molar-refractivity contribution in [1.82, 2.24) is 4.90 Å². The van der Waals surface area contributed by atoms with E-state index in [1.165, 1.54) is 0 Å². The van der Waals surface area contributed by atoms with Crippen molar-refractivity contribution in [1.29, 1.82) is 0 Å². The summed E-state index contributed by atoms with van der Waals surface area (Å²) < 4.78 is 53.3. The minimum atomic E-state index is -3.97. The van der Waals surface area contributed by atoms with Crippen LogP contribution in [0.1, 0.15) is 19.8 Å². The highest BCUT2D eigenvalue weighted by Crippen LogP contribution is 2.38. The van der Waals surface area contributed by atoms with Crippen LogP contribution in [0.4, 0.5) is 14.5 Å². The third-order valence-corrected chi connectivity index (χ3v) is 7.54. The van der Waals surface area contributed by atoms with Gasteiger partial charge >= 0.3 is 0 Å². The van der Waals surface area contributed by atoms with Gasteiger partial charge in [-0.1, -0.05) is 12.1 Å². The Morgan fingerprint density at radius 2 is 1.81 bits per heavy atom. The molecule has 2 fully saturated rings. The largest absolute Gasteiger partial charge is 0.366 e. The van der Waals surface area contributed by atoms with E-state index in [-0.39, 0.29) is 15.8 Å². The molecule has 2 aromatic carbocycles. The van der Waals surface area contributed by atoms with Crippen molar-refractivity contribution in [2.75, 3.05) is 24.5 Å². The number of fused-ring (bicyclic) bond motifs is 1. The van der Waals surface area contributed by atoms with Crippen molar-refractivity contribution in [3.05, 3.63) is 54.1 Å². The first-order valence-electron chi connectivity index (χ1n) is 9.23. The van der Waals surface area contributed by atoms with Crippen LogP contribution in [0.2, 0.25) is 0 Å². The van der Waals surface area contributed by atoms with E-state index < -0.39 is 21.5 Å². The second-order valence-corrected chi connectivity index (χ2v) is 9.00. The molecule has 144 valence electrons. The van der Waals surface area contributed by atoms with Crippen LogP contribution in [0, 0.1) is 11.6 Å². The predicted octanol–water partition coefficient (Wildman–Crippen LogP) is 3.47. The topological polar surface area (TPSA) is 40.6 Å². The van der Waals surface area contributed by atoms with Gasteiger partial charge in [-0.2, -0.15) is 0 Å². The van der Waals surface area contributed by atoms with Gasteiger partial charge in [0.15, 0.2) is 11.6 Å². The molecule has 0 N–H and O–H groups in total. The highest BCUT2D eigenvalue weighted by molar-refractivity contribution is 7.91. The number of sulfone groups is 1. The highest BCUT2D eigenvalue weighted by atomic mass is 32.2. The Kier molecular flexibility index (Phi) is 4.68. The van der Waals surface area contributed by atoms with Gasteiger partial charge in [0.2, 0.25) is 9.84 Å². The minimum absolute atomic E-state index is 0.135. The summed E-state index contributed by atoms with van der Waals surface area (Å²) in [4.78, 5) is 4.48. The molecule has 2 unspecified atom stereocenters. The van der Waals surface area contributed by atoms with Crippen LogP contribution in [0.25, 0.3) is 0 Å². The monoisotopic (exact) mass is 392 g/mol. The summed E-state index contributed by atoms with van der Waals surface area (Å²) >= 11 is 0. The van der Waals surface area contributed by atoms with Crippen LogP contribution in [-0.2, 0) is 9.84 Å². The summed E-state index contributed by atoms with van der Waals surface area (Å²) in [6.07, 6.45) is 2.12. The Balaban J connectivity index is 1.77. The number of nitrogens with zero attached hydrogens (tertiary/aromatic N) is 2. The smallest absolute Gasteiger partial charge is 0.208 e. The molecule has 0 amide bonds. The van der Waals surface area contributed by atoms with Crippen LogP contribution in [0.15, 0.2) is 52.3 Å². The number of hydrogen-bond donors (Lipinski definition) is 0. The molecule has 0 saturated carbocycles. The molecule has 0 aromatic heterocycles. The number of hydrogen-bond acceptors (Lipinski definition) is 4. The number of halogens is 2. The Labute approximate surface area is 158 Å². The molecule has 2 aliphatic rings. The van der Waals surface area contributed by atoms with Crippen molar-refractivity contribution in [3.63, 3.8) is 0 Å². The Hall–Kier alpha value is -1.99. The molecule has 2 saturated heterocycles. The summed E-state index contributed by atoms with van der Waals surface area (Å²) in [5, 5.41) is 0. The van der Waals surface area contributed by atoms with Gasteiger partial charge in [-0.05, 0) is 50.1 Å². The maximum absolute atomic E-state index is 13.6. The van der Waals surface area contributed by atoms with E-state index in [0.717, 1.165) is 44.1 Å². The van der Waals surface area contributed by atoms with Gasteiger partial charge in [0.05, 0.1) is 15.5 Å². The zero-order chi connectivity index (χ0) is 19.2. The molecule has 7 heteroatoms. The molecular weight excluding hydrogens is 370 g/mol. The summed E-state index contributed by atoms with van der Waals surface area (Å²) in [7, 11) is -3.97. The number of likely N-dealkylation sites (N-methyl/N-ethyl adjacent to an activating group) is 1. The number of anilines is 1. The van der Waals surface area contributed by atoms with Gasteiger partial charge in [-0.25, -0.2) is 17.2 Å². The van der Waals surface area contributed by atoms with Gasteiger partial charge in [0, 0.05) is 31.7 Å². The molecule has 0 spiro atoms. The molecule has 2 aromatic rings. The molecule has 0 aliphatic carbocycles. The Morgan fingerprint density at radius 1 is 1.07 bits per heavy atom. The van der Waals surface area contributed by atoms with Crippen molar-refractivity contribution in [2.24, 2.45) is 0 Å². The molecule has 2 aliphatic heterocycles. The van der Waals surface area contributed by atoms with Gasteiger partial charge in [-0.3, -0.25) is 4.90 Å². The summed E-state index contributed by atoms with van der Waals surface area (Å²) in [5.41, 5.74) is 0.628. The average Bonchev–Trinajstić information content (AvgIpc) is 2.92. The van der Waals surface area contributed by atoms with Crippen LogP contribution in [0.3, 0.4) is 0 Å². The highest BCUT2D eigenvalue weighted by Gasteiger charge is 2.43. The fourth-order valence-corrected chi connectivity index (χ4v) is 5.78. The van der Waals surface area contributed by atoms with Crippen LogP contribution in [-0.4, -0.2) is 45.0 Å². The quantitative estimate of drug-likeness (QED) is 0.731. The molecule has 0 radical (unpaired) electrons. The maximum Gasteiger partial charge on any atom is 0.208 e. The Bertz CT molecular complexity index is 964. The van der Waals surface area contributed by atoms with Gasteiger partial charge in [0.25, 0.3) is 0 Å². The van der Waals surface area contributed by atoms with E-state index in [2.05, 4.69) is 9.80 Å². The van der Waals surface area contributed by atoms with E-state index >= 15 is 0 Å². The Morgan fingerprint density at radius 3 is 2.44 bits per heavy atom. The summed E-state index contributed by atoms with van der Waals surface area (Å²) in [5.74, 6) is -2.23. The third kappa shape index (κ3) is 3.02. The molecule has 2 heterocycles. The van der Waals surface area contributed by atoms with Crippen molar-refractivity contribution < 1.29 is 17.2 Å². The normalized spacial score (nSPS) is 22.3. The van der Waals surface area contributed by atoms with Crippen LogP contribution >= 0.6 is 0 Å². The van der Waals surface area contributed by atoms with Crippen LogP contribution < -0.4 is 4.90 Å². The SMILES string of the molecule is CCN(c1ccccc1S(=O)(=O)c1ccc(F)c(F)c1)C1CCN2CCC12. The zero-order valence-electron chi connectivity index (χ0n) is 15.1. The molecular formula is C20H22F2N2O2S. The molecule has 27 heavy (non-hydrogen) atoms. The van der Waals surface area contributed by atoms with Crippen molar-refractivity contribution in [3.8, 4) is 0 Å². The second kappa shape index (κ2) is 6.87. The first kappa shape index (κ1) is 18.4.